The molecule has 2 amide bonds. The van der Waals surface area contributed by atoms with Gasteiger partial charge in [-0.1, -0.05) is 24.3 Å². The van der Waals surface area contributed by atoms with Gasteiger partial charge in [0.15, 0.2) is 0 Å². The first-order chi connectivity index (χ1) is 18.5. The van der Waals surface area contributed by atoms with Crippen LogP contribution in [0.4, 0.5) is 5.82 Å². The molecule has 0 radical (unpaired) electrons. The number of ketones is 1. The summed E-state index contributed by atoms with van der Waals surface area (Å²) in [4.78, 5) is 47.5. The van der Waals surface area contributed by atoms with Crippen molar-refractivity contribution in [3.05, 3.63) is 59.4 Å². The number of likely N-dealkylation sites (tertiary alicyclic amines) is 1. The summed E-state index contributed by atoms with van der Waals surface area (Å²) < 4.78 is 0. The Bertz CT molecular complexity index is 1320. The van der Waals surface area contributed by atoms with Gasteiger partial charge in [0.1, 0.15) is 11.6 Å². The quantitative estimate of drug-likeness (QED) is 0.360. The number of anilines is 1. The molecule has 4 heterocycles. The maximum absolute atomic E-state index is 13.0. The Labute approximate surface area is 223 Å². The number of rotatable bonds is 11. The second-order valence-electron chi connectivity index (χ2n) is 10.7. The van der Waals surface area contributed by atoms with Crippen LogP contribution in [0.15, 0.2) is 42.6 Å². The molecule has 0 spiro atoms. The highest BCUT2D eigenvalue weighted by Gasteiger charge is 2.32. The van der Waals surface area contributed by atoms with Crippen molar-refractivity contribution in [3.8, 4) is 0 Å². The number of nitrogens with zero attached hydrogens (tertiary/aromatic N) is 2. The number of aryl methyl sites for hydroxylation is 3. The lowest BCUT2D eigenvalue weighted by Crippen LogP contribution is -2.43. The van der Waals surface area contributed by atoms with Crippen molar-refractivity contribution in [2.24, 2.45) is 5.92 Å². The molecule has 200 valence electrons. The van der Waals surface area contributed by atoms with Crippen LogP contribution in [0, 0.1) is 5.92 Å². The Balaban J connectivity index is 1.11. The summed E-state index contributed by atoms with van der Waals surface area (Å²) in [5, 5.41) is 7.56. The molecule has 3 N–H and O–H groups in total. The van der Waals surface area contributed by atoms with Gasteiger partial charge in [0.2, 0.25) is 11.8 Å². The minimum atomic E-state index is -0.258. The SMILES string of the molecule is CC(=O)CC(CCc1c[nH]c2ccccc12)NC(=O)CN1CCC(CCc2ccc3c(n2)NCCC3)C1=O. The predicted octanol–water partition coefficient (Wildman–Crippen LogP) is 3.80. The summed E-state index contributed by atoms with van der Waals surface area (Å²) in [6, 6.07) is 12.1. The van der Waals surface area contributed by atoms with Crippen LogP contribution >= 0.6 is 0 Å². The molecule has 2 aliphatic rings. The van der Waals surface area contributed by atoms with Crippen LogP contribution in [0.3, 0.4) is 0 Å². The van der Waals surface area contributed by atoms with Gasteiger partial charge in [-0.15, -0.1) is 0 Å². The molecular weight excluding hydrogens is 478 g/mol. The minimum absolute atomic E-state index is 0.0394. The largest absolute Gasteiger partial charge is 0.370 e. The van der Waals surface area contributed by atoms with E-state index in [9.17, 15) is 14.4 Å². The van der Waals surface area contributed by atoms with Gasteiger partial charge in [-0.2, -0.15) is 0 Å². The molecule has 3 aromatic rings. The van der Waals surface area contributed by atoms with Crippen molar-refractivity contribution >= 4 is 34.3 Å². The molecule has 1 saturated heterocycles. The average molecular weight is 516 g/mol. The lowest BCUT2D eigenvalue weighted by atomic mass is 9.99. The Kier molecular flexibility index (Phi) is 8.05. The van der Waals surface area contributed by atoms with Gasteiger partial charge in [0.25, 0.3) is 0 Å². The van der Waals surface area contributed by atoms with Crippen molar-refractivity contribution in [1.29, 1.82) is 0 Å². The maximum atomic E-state index is 13.0. The van der Waals surface area contributed by atoms with E-state index < -0.39 is 0 Å². The zero-order valence-corrected chi connectivity index (χ0v) is 22.1. The van der Waals surface area contributed by atoms with Gasteiger partial charge in [-0.3, -0.25) is 14.4 Å². The number of aromatic amines is 1. The number of hydrogen-bond donors (Lipinski definition) is 3. The summed E-state index contributed by atoms with van der Waals surface area (Å²) in [5.74, 6) is 0.778. The molecule has 0 aliphatic carbocycles. The second-order valence-corrected chi connectivity index (χ2v) is 10.7. The molecule has 2 atom stereocenters. The van der Waals surface area contributed by atoms with E-state index in [-0.39, 0.29) is 42.5 Å². The van der Waals surface area contributed by atoms with Crippen LogP contribution in [0.1, 0.15) is 55.8 Å². The Morgan fingerprint density at radius 1 is 1.18 bits per heavy atom. The van der Waals surface area contributed by atoms with E-state index in [1.807, 2.05) is 24.4 Å². The molecule has 2 aromatic heterocycles. The van der Waals surface area contributed by atoms with E-state index in [4.69, 9.17) is 4.98 Å². The fourth-order valence-electron chi connectivity index (χ4n) is 5.75. The number of Topliss-reactive ketones (excluding diaryl/α,β-unsaturated/α-hetero) is 1. The molecule has 0 bridgehead atoms. The zero-order valence-electron chi connectivity index (χ0n) is 22.1. The Hall–Kier alpha value is -3.68. The van der Waals surface area contributed by atoms with Crippen molar-refractivity contribution in [3.63, 3.8) is 0 Å². The fourth-order valence-corrected chi connectivity index (χ4v) is 5.75. The second kappa shape index (κ2) is 11.8. The number of fused-ring (bicyclic) bond motifs is 2. The Morgan fingerprint density at radius 2 is 2.05 bits per heavy atom. The van der Waals surface area contributed by atoms with Crippen LogP contribution in [-0.4, -0.2) is 58.1 Å². The van der Waals surface area contributed by atoms with E-state index in [0.29, 0.717) is 13.0 Å². The van der Waals surface area contributed by atoms with Gasteiger partial charge in [-0.25, -0.2) is 4.98 Å². The third-order valence-corrected chi connectivity index (χ3v) is 7.78. The van der Waals surface area contributed by atoms with E-state index in [0.717, 1.165) is 67.5 Å². The number of nitrogens with one attached hydrogen (secondary N) is 3. The first-order valence-corrected chi connectivity index (χ1v) is 13.8. The Morgan fingerprint density at radius 3 is 2.92 bits per heavy atom. The van der Waals surface area contributed by atoms with Gasteiger partial charge >= 0.3 is 0 Å². The summed E-state index contributed by atoms with van der Waals surface area (Å²) in [6.07, 6.45) is 8.13. The highest BCUT2D eigenvalue weighted by molar-refractivity contribution is 5.88. The highest BCUT2D eigenvalue weighted by atomic mass is 16.2. The van der Waals surface area contributed by atoms with Gasteiger partial charge in [-0.05, 0) is 75.1 Å². The van der Waals surface area contributed by atoms with Crippen molar-refractivity contribution in [1.82, 2.24) is 20.2 Å². The summed E-state index contributed by atoms with van der Waals surface area (Å²) in [7, 11) is 0. The molecule has 5 rings (SSSR count). The molecule has 0 saturated carbocycles. The number of pyridine rings is 1. The normalized spacial score (nSPS) is 17.8. The van der Waals surface area contributed by atoms with Crippen LogP contribution in [0.5, 0.6) is 0 Å². The smallest absolute Gasteiger partial charge is 0.239 e. The number of carbonyl (C=O) groups excluding carboxylic acids is 3. The number of amides is 2. The van der Waals surface area contributed by atoms with Gasteiger partial charge < -0.3 is 20.5 Å². The molecular formula is C30H37N5O3. The van der Waals surface area contributed by atoms with Gasteiger partial charge in [0, 0.05) is 54.3 Å². The fraction of sp³-hybridized carbons (Fsp3) is 0.467. The van der Waals surface area contributed by atoms with Crippen molar-refractivity contribution in [2.45, 2.75) is 64.3 Å². The maximum Gasteiger partial charge on any atom is 0.239 e. The molecule has 8 nitrogen and oxygen atoms in total. The predicted molar refractivity (Wildman–Crippen MR) is 148 cm³/mol. The third kappa shape index (κ3) is 6.23. The first kappa shape index (κ1) is 25.9. The third-order valence-electron chi connectivity index (χ3n) is 7.78. The van der Waals surface area contributed by atoms with E-state index in [1.54, 1.807) is 11.8 Å². The summed E-state index contributed by atoms with van der Waals surface area (Å²) in [5.41, 5.74) is 4.52. The van der Waals surface area contributed by atoms with E-state index in [1.165, 1.54) is 11.1 Å². The van der Waals surface area contributed by atoms with Gasteiger partial charge in [0.05, 0.1) is 6.54 Å². The number of H-pyrrole nitrogens is 1. The number of hydrogen-bond acceptors (Lipinski definition) is 5. The molecule has 38 heavy (non-hydrogen) atoms. The first-order valence-electron chi connectivity index (χ1n) is 13.8. The highest BCUT2D eigenvalue weighted by Crippen LogP contribution is 2.25. The molecule has 1 fully saturated rings. The number of aromatic nitrogens is 2. The lowest BCUT2D eigenvalue weighted by Gasteiger charge is -2.21. The zero-order chi connectivity index (χ0) is 26.5. The van der Waals surface area contributed by atoms with Crippen LogP contribution in [0.25, 0.3) is 10.9 Å². The van der Waals surface area contributed by atoms with Crippen LogP contribution in [0.2, 0.25) is 0 Å². The minimum Gasteiger partial charge on any atom is -0.370 e. The molecule has 1 aromatic carbocycles. The number of carbonyl (C=O) groups is 3. The van der Waals surface area contributed by atoms with Crippen molar-refractivity contribution in [2.75, 3.05) is 25.0 Å². The van der Waals surface area contributed by atoms with Crippen LogP contribution < -0.4 is 10.6 Å². The summed E-state index contributed by atoms with van der Waals surface area (Å²) >= 11 is 0. The average Bonchev–Trinajstić information content (AvgIpc) is 3.48. The monoisotopic (exact) mass is 515 g/mol. The van der Waals surface area contributed by atoms with E-state index >= 15 is 0 Å². The topological polar surface area (TPSA) is 107 Å². The van der Waals surface area contributed by atoms with Crippen molar-refractivity contribution < 1.29 is 14.4 Å². The van der Waals surface area contributed by atoms with Crippen LogP contribution in [-0.2, 0) is 33.6 Å². The molecule has 2 unspecified atom stereocenters. The lowest BCUT2D eigenvalue weighted by molar-refractivity contribution is -0.135. The molecule has 8 heteroatoms. The van der Waals surface area contributed by atoms with E-state index in [2.05, 4.69) is 33.8 Å². The summed E-state index contributed by atoms with van der Waals surface area (Å²) in [6.45, 7) is 3.13. The standard InChI is InChI=1S/C30H37N5O3/c1-20(36)17-25(13-10-23-18-32-27-7-3-2-6-26(23)27)33-28(37)19-35-16-14-22(30(35)38)9-12-24-11-8-21-5-4-15-31-29(21)34-24/h2-3,6-8,11,18,22,25,32H,4-5,9-10,12-17,19H2,1H3,(H,31,34)(H,33,37). The number of benzene rings is 1. The molecule has 2 aliphatic heterocycles. The number of para-hydroxylation sites is 1.